The van der Waals surface area contributed by atoms with Crippen LogP contribution in [-0.2, 0) is 4.74 Å². The maximum atomic E-state index is 12.1. The molecule has 3 aromatic heterocycles. The molecule has 0 atom stereocenters. The molecule has 0 saturated heterocycles. The molecular formula is C15H11N5O3S. The summed E-state index contributed by atoms with van der Waals surface area (Å²) in [5.74, 6) is -0.541. The second kappa shape index (κ2) is 5.53. The Morgan fingerprint density at radius 1 is 1.38 bits per heavy atom. The van der Waals surface area contributed by atoms with Gasteiger partial charge in [-0.1, -0.05) is 0 Å². The van der Waals surface area contributed by atoms with E-state index in [1.165, 1.54) is 15.9 Å². The maximum Gasteiger partial charge on any atom is 0.362 e. The second-order valence-electron chi connectivity index (χ2n) is 4.91. The van der Waals surface area contributed by atoms with Gasteiger partial charge in [-0.15, -0.1) is 11.3 Å². The predicted octanol–water partition coefficient (Wildman–Crippen LogP) is 1.87. The molecule has 1 aromatic carbocycles. The van der Waals surface area contributed by atoms with Crippen LogP contribution in [0, 0.1) is 0 Å². The van der Waals surface area contributed by atoms with Crippen LogP contribution in [-0.4, -0.2) is 37.1 Å². The fraction of sp³-hybridized carbons (Fsp3) is 0.133. The van der Waals surface area contributed by atoms with E-state index in [9.17, 15) is 9.59 Å². The highest BCUT2D eigenvalue weighted by Crippen LogP contribution is 2.25. The largest absolute Gasteiger partial charge is 0.461 e. The van der Waals surface area contributed by atoms with Crippen molar-refractivity contribution < 1.29 is 9.53 Å². The quantitative estimate of drug-likeness (QED) is 0.571. The molecule has 24 heavy (non-hydrogen) atoms. The van der Waals surface area contributed by atoms with Crippen molar-refractivity contribution in [1.29, 1.82) is 0 Å². The van der Waals surface area contributed by atoms with E-state index >= 15 is 0 Å². The van der Waals surface area contributed by atoms with Crippen LogP contribution < -0.4 is 5.56 Å². The molecule has 0 bridgehead atoms. The van der Waals surface area contributed by atoms with Gasteiger partial charge in [-0.05, 0) is 25.1 Å². The minimum atomic E-state index is -0.767. The molecule has 9 heteroatoms. The standard InChI is InChI=1S/C15H11N5O3S/c1-2-23-14(22)11-12(21)19-20-10-7-8(13-16-5-6-24-13)3-4-9(10)17-15(20)18-11/h3-7H,2H2,1H3,(H,19,21). The van der Waals surface area contributed by atoms with Crippen molar-refractivity contribution in [2.24, 2.45) is 0 Å². The molecule has 8 nitrogen and oxygen atoms in total. The summed E-state index contributed by atoms with van der Waals surface area (Å²) >= 11 is 1.52. The number of ether oxygens (including phenoxy) is 1. The van der Waals surface area contributed by atoms with Crippen LogP contribution in [0.2, 0.25) is 0 Å². The van der Waals surface area contributed by atoms with Gasteiger partial charge in [0.25, 0.3) is 11.3 Å². The van der Waals surface area contributed by atoms with Crippen molar-refractivity contribution in [3.8, 4) is 10.6 Å². The average Bonchev–Trinajstić information content (AvgIpc) is 3.21. The Labute approximate surface area is 138 Å². The Morgan fingerprint density at radius 3 is 3.00 bits per heavy atom. The number of nitrogens with one attached hydrogen (secondary N) is 1. The van der Waals surface area contributed by atoms with Crippen molar-refractivity contribution in [2.75, 3.05) is 6.61 Å². The smallest absolute Gasteiger partial charge is 0.362 e. The molecule has 3 heterocycles. The highest BCUT2D eigenvalue weighted by atomic mass is 32.1. The van der Waals surface area contributed by atoms with Crippen LogP contribution in [0.4, 0.5) is 0 Å². The van der Waals surface area contributed by atoms with Gasteiger partial charge in [0.2, 0.25) is 5.69 Å². The van der Waals surface area contributed by atoms with Crippen molar-refractivity contribution in [1.82, 2.24) is 24.6 Å². The van der Waals surface area contributed by atoms with Crippen molar-refractivity contribution in [3.05, 3.63) is 45.8 Å². The van der Waals surface area contributed by atoms with Gasteiger partial charge in [-0.3, -0.25) is 9.89 Å². The number of benzene rings is 1. The highest BCUT2D eigenvalue weighted by Gasteiger charge is 2.17. The lowest BCUT2D eigenvalue weighted by Gasteiger charge is -2.01. The molecule has 1 N–H and O–H groups in total. The SMILES string of the molecule is CCOC(=O)c1nc2nc3ccc(-c4nccs4)cc3n2[nH]c1=O. The number of hydrogen-bond acceptors (Lipinski definition) is 7. The van der Waals surface area contributed by atoms with E-state index < -0.39 is 11.5 Å². The van der Waals surface area contributed by atoms with E-state index in [0.29, 0.717) is 11.0 Å². The minimum absolute atomic E-state index is 0.165. The summed E-state index contributed by atoms with van der Waals surface area (Å²) in [6, 6.07) is 5.59. The molecule has 0 spiro atoms. The third kappa shape index (κ3) is 2.26. The summed E-state index contributed by atoms with van der Waals surface area (Å²) in [6.07, 6.45) is 1.73. The summed E-state index contributed by atoms with van der Waals surface area (Å²) < 4.78 is 6.29. The third-order valence-electron chi connectivity index (χ3n) is 3.43. The van der Waals surface area contributed by atoms with E-state index in [4.69, 9.17) is 4.74 Å². The summed E-state index contributed by atoms with van der Waals surface area (Å²) in [6.45, 7) is 1.83. The van der Waals surface area contributed by atoms with Crippen LogP contribution in [0.1, 0.15) is 17.4 Å². The number of H-pyrrole nitrogens is 1. The van der Waals surface area contributed by atoms with Gasteiger partial charge in [0.1, 0.15) is 5.01 Å². The molecule has 0 unspecified atom stereocenters. The van der Waals surface area contributed by atoms with Crippen molar-refractivity contribution in [2.45, 2.75) is 6.92 Å². The lowest BCUT2D eigenvalue weighted by atomic mass is 10.2. The number of aromatic nitrogens is 5. The number of hydrogen-bond donors (Lipinski definition) is 1. The zero-order valence-corrected chi connectivity index (χ0v) is 13.3. The Bertz CT molecular complexity index is 1110. The monoisotopic (exact) mass is 341 g/mol. The number of nitrogens with zero attached hydrogens (tertiary/aromatic N) is 4. The number of rotatable bonds is 3. The molecule has 0 aliphatic carbocycles. The number of carbonyl (C=O) groups is 1. The van der Waals surface area contributed by atoms with Crippen molar-refractivity contribution >= 4 is 34.1 Å². The van der Waals surface area contributed by atoms with Gasteiger partial charge in [0, 0.05) is 17.1 Å². The molecule has 0 aliphatic rings. The molecule has 0 radical (unpaired) electrons. The van der Waals surface area contributed by atoms with Gasteiger partial charge in [0.15, 0.2) is 0 Å². The first-order valence-electron chi connectivity index (χ1n) is 7.17. The summed E-state index contributed by atoms with van der Waals surface area (Å²) in [7, 11) is 0. The molecule has 0 aliphatic heterocycles. The second-order valence-corrected chi connectivity index (χ2v) is 5.80. The highest BCUT2D eigenvalue weighted by molar-refractivity contribution is 7.13. The number of aromatic amines is 1. The average molecular weight is 341 g/mol. The van der Waals surface area contributed by atoms with Crippen LogP contribution in [0.25, 0.3) is 27.4 Å². The first kappa shape index (κ1) is 14.5. The fourth-order valence-electron chi connectivity index (χ4n) is 2.39. The predicted molar refractivity (Wildman–Crippen MR) is 88.2 cm³/mol. The van der Waals surface area contributed by atoms with E-state index in [2.05, 4.69) is 20.1 Å². The normalized spacial score (nSPS) is 11.2. The lowest BCUT2D eigenvalue weighted by molar-refractivity contribution is 0.0517. The van der Waals surface area contributed by atoms with E-state index in [1.54, 1.807) is 13.1 Å². The maximum absolute atomic E-state index is 12.1. The van der Waals surface area contributed by atoms with Gasteiger partial charge in [-0.25, -0.2) is 19.3 Å². The topological polar surface area (TPSA) is 102 Å². The van der Waals surface area contributed by atoms with Gasteiger partial charge in [0.05, 0.1) is 17.6 Å². The number of fused-ring (bicyclic) bond motifs is 3. The third-order valence-corrected chi connectivity index (χ3v) is 4.25. The Kier molecular flexibility index (Phi) is 3.35. The van der Waals surface area contributed by atoms with Gasteiger partial charge >= 0.3 is 5.97 Å². The molecule has 0 fully saturated rings. The van der Waals surface area contributed by atoms with Crippen LogP contribution in [0.3, 0.4) is 0 Å². The zero-order chi connectivity index (χ0) is 16.7. The Morgan fingerprint density at radius 2 is 2.25 bits per heavy atom. The number of thiazole rings is 1. The van der Waals surface area contributed by atoms with Crippen LogP contribution in [0.5, 0.6) is 0 Å². The number of imidazole rings is 1. The van der Waals surface area contributed by atoms with E-state index in [0.717, 1.165) is 10.6 Å². The zero-order valence-electron chi connectivity index (χ0n) is 12.5. The van der Waals surface area contributed by atoms with E-state index in [-0.39, 0.29) is 18.1 Å². The Balaban J connectivity index is 1.93. The first-order valence-corrected chi connectivity index (χ1v) is 8.05. The fourth-order valence-corrected chi connectivity index (χ4v) is 3.03. The first-order chi connectivity index (χ1) is 11.7. The molecule has 4 aromatic rings. The minimum Gasteiger partial charge on any atom is -0.461 e. The van der Waals surface area contributed by atoms with E-state index in [1.807, 2.05) is 23.6 Å². The molecule has 0 saturated carbocycles. The number of carbonyl (C=O) groups excluding carboxylic acids is 1. The Hall–Kier alpha value is -3.07. The summed E-state index contributed by atoms with van der Waals surface area (Å²) in [4.78, 5) is 36.6. The van der Waals surface area contributed by atoms with Crippen molar-refractivity contribution in [3.63, 3.8) is 0 Å². The van der Waals surface area contributed by atoms with Gasteiger partial charge in [-0.2, -0.15) is 4.98 Å². The molecule has 4 rings (SSSR count). The van der Waals surface area contributed by atoms with Crippen LogP contribution in [0.15, 0.2) is 34.6 Å². The molecular weight excluding hydrogens is 330 g/mol. The number of esters is 1. The lowest BCUT2D eigenvalue weighted by Crippen LogP contribution is -2.24. The summed E-state index contributed by atoms with van der Waals surface area (Å²) in [5, 5.41) is 5.37. The molecule has 0 amide bonds. The summed E-state index contributed by atoms with van der Waals surface area (Å²) in [5.41, 5.74) is 1.31. The molecule has 120 valence electrons. The van der Waals surface area contributed by atoms with Gasteiger partial charge < -0.3 is 4.74 Å². The van der Waals surface area contributed by atoms with Crippen LogP contribution >= 0.6 is 11.3 Å².